The van der Waals surface area contributed by atoms with Gasteiger partial charge >= 0.3 is 0 Å². The summed E-state index contributed by atoms with van der Waals surface area (Å²) in [5.41, 5.74) is 2.84. The molecule has 0 atom stereocenters. The van der Waals surface area contributed by atoms with Gasteiger partial charge in [0.25, 0.3) is 0 Å². The molecule has 2 N–H and O–H groups in total. The van der Waals surface area contributed by atoms with E-state index in [1.807, 2.05) is 25.2 Å². The number of aromatic amines is 1. The summed E-state index contributed by atoms with van der Waals surface area (Å²) in [6.45, 7) is 0.962. The van der Waals surface area contributed by atoms with E-state index in [2.05, 4.69) is 32.3 Å². The van der Waals surface area contributed by atoms with Crippen molar-refractivity contribution >= 4 is 26.8 Å². The fourth-order valence-corrected chi connectivity index (χ4v) is 2.34. The lowest BCUT2D eigenvalue weighted by molar-refractivity contribution is 0.717. The van der Waals surface area contributed by atoms with Crippen molar-refractivity contribution in [1.29, 1.82) is 5.26 Å². The number of fused-ring (bicyclic) bond motifs is 1. The first kappa shape index (κ1) is 12.2. The molecule has 0 fully saturated rings. The van der Waals surface area contributed by atoms with Gasteiger partial charge in [0.05, 0.1) is 5.56 Å². The Labute approximate surface area is 109 Å². The van der Waals surface area contributed by atoms with E-state index in [-0.39, 0.29) is 0 Å². The van der Waals surface area contributed by atoms with Gasteiger partial charge in [0.15, 0.2) is 0 Å². The number of aryl methyl sites for hydroxylation is 1. The number of hydrogen-bond acceptors (Lipinski definition) is 2. The Balaban J connectivity index is 2.39. The number of halogens is 1. The lowest BCUT2D eigenvalue weighted by atomic mass is 10.1. The molecular weight excluding hydrogens is 278 g/mol. The molecule has 0 saturated heterocycles. The average molecular weight is 292 g/mol. The van der Waals surface area contributed by atoms with Gasteiger partial charge in [-0.15, -0.1) is 0 Å². The monoisotopic (exact) mass is 291 g/mol. The standard InChI is InChI=1S/C13H14BrN3/c1-16-6-2-3-12-11(8-15)10-7-9(14)4-5-13(10)17-12/h4-5,7,16-17H,2-3,6H2,1H3. The second-order valence-electron chi connectivity index (χ2n) is 3.99. The van der Waals surface area contributed by atoms with Crippen LogP contribution in [0.4, 0.5) is 0 Å². The topological polar surface area (TPSA) is 51.6 Å². The molecule has 0 spiro atoms. The quantitative estimate of drug-likeness (QED) is 0.851. The molecule has 0 unspecified atom stereocenters. The number of nitrogens with one attached hydrogen (secondary N) is 2. The highest BCUT2D eigenvalue weighted by Crippen LogP contribution is 2.25. The van der Waals surface area contributed by atoms with Crippen LogP contribution in [0.3, 0.4) is 0 Å². The Morgan fingerprint density at radius 2 is 2.29 bits per heavy atom. The van der Waals surface area contributed by atoms with Crippen molar-refractivity contribution in [3.8, 4) is 6.07 Å². The predicted molar refractivity (Wildman–Crippen MR) is 73.0 cm³/mol. The van der Waals surface area contributed by atoms with Crippen molar-refractivity contribution in [2.45, 2.75) is 12.8 Å². The fraction of sp³-hybridized carbons (Fsp3) is 0.308. The number of H-pyrrole nitrogens is 1. The van der Waals surface area contributed by atoms with Crippen LogP contribution in [0, 0.1) is 11.3 Å². The molecule has 2 aromatic rings. The van der Waals surface area contributed by atoms with E-state index in [9.17, 15) is 5.26 Å². The van der Waals surface area contributed by atoms with Crippen LogP contribution in [0.5, 0.6) is 0 Å². The summed E-state index contributed by atoms with van der Waals surface area (Å²) in [6, 6.07) is 8.28. The van der Waals surface area contributed by atoms with Crippen LogP contribution in [0.15, 0.2) is 22.7 Å². The average Bonchev–Trinajstić information content (AvgIpc) is 2.66. The van der Waals surface area contributed by atoms with Crippen molar-refractivity contribution in [2.24, 2.45) is 0 Å². The van der Waals surface area contributed by atoms with E-state index < -0.39 is 0 Å². The summed E-state index contributed by atoms with van der Waals surface area (Å²) in [5.74, 6) is 0. The number of aromatic nitrogens is 1. The number of nitriles is 1. The van der Waals surface area contributed by atoms with Gasteiger partial charge in [0.1, 0.15) is 6.07 Å². The van der Waals surface area contributed by atoms with E-state index in [0.29, 0.717) is 0 Å². The molecule has 4 heteroatoms. The van der Waals surface area contributed by atoms with Crippen LogP contribution >= 0.6 is 15.9 Å². The van der Waals surface area contributed by atoms with Gasteiger partial charge in [0.2, 0.25) is 0 Å². The molecule has 0 aliphatic heterocycles. The fourth-order valence-electron chi connectivity index (χ4n) is 1.98. The SMILES string of the molecule is CNCCCc1[nH]c2ccc(Br)cc2c1C#N. The van der Waals surface area contributed by atoms with Gasteiger partial charge in [-0.05, 0) is 44.6 Å². The zero-order valence-corrected chi connectivity index (χ0v) is 11.3. The molecule has 0 aliphatic carbocycles. The van der Waals surface area contributed by atoms with Crippen LogP contribution < -0.4 is 5.32 Å². The number of nitrogens with zero attached hydrogens (tertiary/aromatic N) is 1. The lowest BCUT2D eigenvalue weighted by Crippen LogP contribution is -2.08. The third-order valence-corrected chi connectivity index (χ3v) is 3.30. The molecule has 1 heterocycles. The number of rotatable bonds is 4. The summed E-state index contributed by atoms with van der Waals surface area (Å²) in [6.07, 6.45) is 1.93. The van der Waals surface area contributed by atoms with Gasteiger partial charge in [-0.1, -0.05) is 15.9 Å². The van der Waals surface area contributed by atoms with E-state index in [0.717, 1.165) is 46.0 Å². The number of benzene rings is 1. The second kappa shape index (κ2) is 5.35. The zero-order valence-electron chi connectivity index (χ0n) is 9.68. The summed E-state index contributed by atoms with van der Waals surface area (Å²) >= 11 is 3.44. The summed E-state index contributed by atoms with van der Waals surface area (Å²) in [5, 5.41) is 13.4. The van der Waals surface area contributed by atoms with E-state index in [4.69, 9.17) is 0 Å². The normalized spacial score (nSPS) is 10.6. The first-order valence-electron chi connectivity index (χ1n) is 5.61. The van der Waals surface area contributed by atoms with Gasteiger partial charge in [-0.3, -0.25) is 0 Å². The molecule has 1 aromatic heterocycles. The van der Waals surface area contributed by atoms with Crippen LogP contribution in [0.1, 0.15) is 17.7 Å². The maximum Gasteiger partial charge on any atom is 0.102 e. The third kappa shape index (κ3) is 2.51. The molecule has 0 bridgehead atoms. The van der Waals surface area contributed by atoms with Gasteiger partial charge < -0.3 is 10.3 Å². The Kier molecular flexibility index (Phi) is 3.82. The van der Waals surface area contributed by atoms with Crippen LogP contribution in [-0.2, 0) is 6.42 Å². The minimum atomic E-state index is 0.775. The largest absolute Gasteiger partial charge is 0.357 e. The molecule has 1 aromatic carbocycles. The first-order chi connectivity index (χ1) is 8.26. The Morgan fingerprint density at radius 3 is 3.00 bits per heavy atom. The molecule has 0 radical (unpaired) electrons. The third-order valence-electron chi connectivity index (χ3n) is 2.80. The lowest BCUT2D eigenvalue weighted by Gasteiger charge is -1.98. The van der Waals surface area contributed by atoms with Crippen molar-refractivity contribution in [3.63, 3.8) is 0 Å². The molecule has 0 saturated carbocycles. The van der Waals surface area contributed by atoms with Crippen molar-refractivity contribution in [3.05, 3.63) is 33.9 Å². The molecule has 0 aliphatic rings. The second-order valence-corrected chi connectivity index (χ2v) is 4.90. The molecule has 17 heavy (non-hydrogen) atoms. The summed E-state index contributed by atoms with van der Waals surface area (Å²) < 4.78 is 1.00. The van der Waals surface area contributed by atoms with Crippen LogP contribution in [-0.4, -0.2) is 18.6 Å². The first-order valence-corrected chi connectivity index (χ1v) is 6.40. The highest BCUT2D eigenvalue weighted by molar-refractivity contribution is 9.10. The van der Waals surface area contributed by atoms with Crippen molar-refractivity contribution in [1.82, 2.24) is 10.3 Å². The molecule has 88 valence electrons. The minimum absolute atomic E-state index is 0.775. The summed E-state index contributed by atoms with van der Waals surface area (Å²) in [7, 11) is 1.94. The van der Waals surface area contributed by atoms with E-state index >= 15 is 0 Å². The van der Waals surface area contributed by atoms with Crippen LogP contribution in [0.2, 0.25) is 0 Å². The Morgan fingerprint density at radius 1 is 1.47 bits per heavy atom. The molecule has 2 rings (SSSR count). The molecule has 3 nitrogen and oxygen atoms in total. The smallest absolute Gasteiger partial charge is 0.102 e. The van der Waals surface area contributed by atoms with Gasteiger partial charge in [-0.2, -0.15) is 5.26 Å². The van der Waals surface area contributed by atoms with Crippen molar-refractivity contribution < 1.29 is 0 Å². The van der Waals surface area contributed by atoms with Crippen LogP contribution in [0.25, 0.3) is 10.9 Å². The minimum Gasteiger partial charge on any atom is -0.357 e. The van der Waals surface area contributed by atoms with Gasteiger partial charge in [-0.25, -0.2) is 0 Å². The Bertz CT molecular complexity index is 566. The molecular formula is C13H14BrN3. The highest BCUT2D eigenvalue weighted by atomic mass is 79.9. The zero-order chi connectivity index (χ0) is 12.3. The van der Waals surface area contributed by atoms with Crippen molar-refractivity contribution in [2.75, 3.05) is 13.6 Å². The van der Waals surface area contributed by atoms with Gasteiger partial charge in [0, 0.05) is 21.1 Å². The maximum atomic E-state index is 9.25. The molecule has 0 amide bonds. The maximum absolute atomic E-state index is 9.25. The summed E-state index contributed by atoms with van der Waals surface area (Å²) in [4.78, 5) is 3.33. The predicted octanol–water partition coefficient (Wildman–Crippen LogP) is 2.95. The van der Waals surface area contributed by atoms with E-state index in [1.165, 1.54) is 0 Å². The number of hydrogen-bond donors (Lipinski definition) is 2. The Hall–Kier alpha value is -1.31. The highest BCUT2D eigenvalue weighted by Gasteiger charge is 2.10. The van der Waals surface area contributed by atoms with E-state index in [1.54, 1.807) is 0 Å².